The standard InChI is InChI=1S/C14H25N3O4/c1-8-10(16-13(21)17(4)7-11(15)18)6-5-9(12(19)20)14(8,2)3/h8-10H,5-7H2,1-4H3,(H2,15,18)(H,16,21)(H,19,20). The Bertz CT molecular complexity index is 436. The average molecular weight is 299 g/mol. The Morgan fingerprint density at radius 2 is 1.90 bits per heavy atom. The molecule has 1 fully saturated rings. The van der Waals surface area contributed by atoms with Crippen LogP contribution >= 0.6 is 0 Å². The van der Waals surface area contributed by atoms with Gasteiger partial charge in [0.15, 0.2) is 0 Å². The summed E-state index contributed by atoms with van der Waals surface area (Å²) in [6.45, 7) is 5.64. The number of primary amides is 1. The highest BCUT2D eigenvalue weighted by molar-refractivity contribution is 5.82. The van der Waals surface area contributed by atoms with Gasteiger partial charge in [-0.3, -0.25) is 9.59 Å². The van der Waals surface area contributed by atoms with E-state index in [9.17, 15) is 19.5 Å². The number of rotatable bonds is 4. The van der Waals surface area contributed by atoms with Gasteiger partial charge in [-0.15, -0.1) is 0 Å². The molecule has 0 spiro atoms. The molecule has 1 aliphatic carbocycles. The normalized spacial score (nSPS) is 27.7. The van der Waals surface area contributed by atoms with Crippen molar-refractivity contribution in [2.45, 2.75) is 39.7 Å². The van der Waals surface area contributed by atoms with E-state index in [2.05, 4.69) is 5.32 Å². The first kappa shape index (κ1) is 17.3. The second-order valence-corrected chi connectivity index (χ2v) is 6.46. The van der Waals surface area contributed by atoms with Crippen molar-refractivity contribution < 1.29 is 19.5 Å². The molecule has 1 rings (SSSR count). The molecule has 3 atom stereocenters. The van der Waals surface area contributed by atoms with Gasteiger partial charge in [0.2, 0.25) is 5.91 Å². The summed E-state index contributed by atoms with van der Waals surface area (Å²) in [7, 11) is 1.50. The number of urea groups is 1. The van der Waals surface area contributed by atoms with Gasteiger partial charge in [0, 0.05) is 13.1 Å². The molecule has 0 heterocycles. The number of carboxylic acids is 1. The van der Waals surface area contributed by atoms with Crippen LogP contribution in [0.1, 0.15) is 33.6 Å². The molecular weight excluding hydrogens is 274 g/mol. The van der Waals surface area contributed by atoms with Crippen LogP contribution in [0.15, 0.2) is 0 Å². The second-order valence-electron chi connectivity index (χ2n) is 6.46. The van der Waals surface area contributed by atoms with Crippen molar-refractivity contribution in [2.75, 3.05) is 13.6 Å². The van der Waals surface area contributed by atoms with Crippen LogP contribution in [0.4, 0.5) is 4.79 Å². The van der Waals surface area contributed by atoms with Crippen molar-refractivity contribution in [3.05, 3.63) is 0 Å². The highest BCUT2D eigenvalue weighted by Gasteiger charge is 2.46. The molecule has 3 unspecified atom stereocenters. The smallest absolute Gasteiger partial charge is 0.317 e. The summed E-state index contributed by atoms with van der Waals surface area (Å²) >= 11 is 0. The van der Waals surface area contributed by atoms with Crippen LogP contribution < -0.4 is 11.1 Å². The number of carbonyl (C=O) groups is 3. The van der Waals surface area contributed by atoms with Crippen LogP contribution in [0.2, 0.25) is 0 Å². The lowest BCUT2D eigenvalue weighted by Gasteiger charge is -2.46. The van der Waals surface area contributed by atoms with Crippen LogP contribution in [0, 0.1) is 17.3 Å². The minimum Gasteiger partial charge on any atom is -0.481 e. The minimum atomic E-state index is -0.789. The molecule has 4 N–H and O–H groups in total. The van der Waals surface area contributed by atoms with Gasteiger partial charge in [0.05, 0.1) is 5.92 Å². The van der Waals surface area contributed by atoms with Crippen molar-refractivity contribution in [3.63, 3.8) is 0 Å². The molecule has 1 saturated carbocycles. The summed E-state index contributed by atoms with van der Waals surface area (Å²) in [6.07, 6.45) is 1.13. The molecule has 7 heteroatoms. The van der Waals surface area contributed by atoms with Gasteiger partial charge < -0.3 is 21.1 Å². The fourth-order valence-electron chi connectivity index (χ4n) is 3.02. The van der Waals surface area contributed by atoms with Crippen LogP contribution in [-0.4, -0.2) is 47.5 Å². The number of likely N-dealkylation sites (N-methyl/N-ethyl adjacent to an activating group) is 1. The van der Waals surface area contributed by atoms with Crippen molar-refractivity contribution in [1.82, 2.24) is 10.2 Å². The first-order valence-corrected chi connectivity index (χ1v) is 7.10. The van der Waals surface area contributed by atoms with E-state index in [0.717, 1.165) is 0 Å². The van der Waals surface area contributed by atoms with Gasteiger partial charge in [-0.2, -0.15) is 0 Å². The van der Waals surface area contributed by atoms with E-state index in [-0.39, 0.29) is 24.5 Å². The fraction of sp³-hybridized carbons (Fsp3) is 0.786. The zero-order valence-corrected chi connectivity index (χ0v) is 13.0. The first-order valence-electron chi connectivity index (χ1n) is 7.10. The lowest BCUT2D eigenvalue weighted by atomic mass is 9.61. The predicted molar refractivity (Wildman–Crippen MR) is 77.4 cm³/mol. The van der Waals surface area contributed by atoms with Crippen LogP contribution in [0.25, 0.3) is 0 Å². The topological polar surface area (TPSA) is 113 Å². The van der Waals surface area contributed by atoms with Crippen molar-refractivity contribution >= 4 is 17.9 Å². The van der Waals surface area contributed by atoms with Crippen molar-refractivity contribution in [3.8, 4) is 0 Å². The Hall–Kier alpha value is -1.79. The predicted octanol–water partition coefficient (Wildman–Crippen LogP) is 0.639. The van der Waals surface area contributed by atoms with Crippen molar-refractivity contribution in [1.29, 1.82) is 0 Å². The molecule has 0 saturated heterocycles. The molecule has 120 valence electrons. The highest BCUT2D eigenvalue weighted by Crippen LogP contribution is 2.45. The number of nitrogens with one attached hydrogen (secondary N) is 1. The number of carboxylic acid groups (broad SMARTS) is 1. The molecular formula is C14H25N3O4. The van der Waals surface area contributed by atoms with Gasteiger partial charge >= 0.3 is 12.0 Å². The third-order valence-electron chi connectivity index (χ3n) is 4.79. The maximum Gasteiger partial charge on any atom is 0.317 e. The SMILES string of the molecule is CC1C(NC(=O)N(C)CC(N)=O)CCC(C(=O)O)C1(C)C. The molecule has 21 heavy (non-hydrogen) atoms. The first-order chi connectivity index (χ1) is 9.57. The molecule has 0 radical (unpaired) electrons. The molecule has 0 aromatic heterocycles. The Kier molecular flexibility index (Phi) is 5.20. The minimum absolute atomic E-state index is 0.0123. The summed E-state index contributed by atoms with van der Waals surface area (Å²) in [5, 5.41) is 12.2. The molecule has 7 nitrogen and oxygen atoms in total. The number of hydrogen-bond donors (Lipinski definition) is 3. The number of nitrogens with zero attached hydrogens (tertiary/aromatic N) is 1. The summed E-state index contributed by atoms with van der Waals surface area (Å²) in [5.41, 5.74) is 4.65. The van der Waals surface area contributed by atoms with Gasteiger partial charge in [0.1, 0.15) is 6.54 Å². The number of hydrogen-bond acceptors (Lipinski definition) is 3. The lowest BCUT2D eigenvalue weighted by molar-refractivity contribution is -0.150. The number of aliphatic carboxylic acids is 1. The van der Waals surface area contributed by atoms with E-state index < -0.39 is 23.2 Å². The van der Waals surface area contributed by atoms with Crippen LogP contribution in [0.3, 0.4) is 0 Å². The van der Waals surface area contributed by atoms with E-state index in [1.165, 1.54) is 11.9 Å². The van der Waals surface area contributed by atoms with Gasteiger partial charge in [-0.05, 0) is 24.2 Å². The van der Waals surface area contributed by atoms with Crippen LogP contribution in [-0.2, 0) is 9.59 Å². The zero-order valence-electron chi connectivity index (χ0n) is 13.0. The van der Waals surface area contributed by atoms with E-state index in [1.54, 1.807) is 0 Å². The fourth-order valence-corrected chi connectivity index (χ4v) is 3.02. The van der Waals surface area contributed by atoms with Crippen molar-refractivity contribution in [2.24, 2.45) is 23.0 Å². The Balaban J connectivity index is 2.72. The third kappa shape index (κ3) is 3.86. The van der Waals surface area contributed by atoms with Crippen LogP contribution in [0.5, 0.6) is 0 Å². The third-order valence-corrected chi connectivity index (χ3v) is 4.79. The van der Waals surface area contributed by atoms with E-state index in [0.29, 0.717) is 12.8 Å². The second kappa shape index (κ2) is 6.32. The summed E-state index contributed by atoms with van der Waals surface area (Å²) in [5.74, 6) is -1.76. The number of amides is 3. The molecule has 0 aromatic rings. The molecule has 0 aromatic carbocycles. The summed E-state index contributed by atoms with van der Waals surface area (Å²) < 4.78 is 0. The molecule has 0 aliphatic heterocycles. The molecule has 1 aliphatic rings. The molecule has 3 amide bonds. The Morgan fingerprint density at radius 1 is 1.33 bits per heavy atom. The highest BCUT2D eigenvalue weighted by atomic mass is 16.4. The summed E-state index contributed by atoms with van der Waals surface area (Å²) in [4.78, 5) is 35.4. The van der Waals surface area contributed by atoms with E-state index in [1.807, 2.05) is 20.8 Å². The zero-order chi connectivity index (χ0) is 16.4. The monoisotopic (exact) mass is 299 g/mol. The van der Waals surface area contributed by atoms with Gasteiger partial charge in [-0.25, -0.2) is 4.79 Å². The molecule has 0 bridgehead atoms. The Morgan fingerprint density at radius 3 is 2.38 bits per heavy atom. The van der Waals surface area contributed by atoms with Gasteiger partial charge in [0.25, 0.3) is 0 Å². The number of nitrogens with two attached hydrogens (primary N) is 1. The maximum atomic E-state index is 12.0. The maximum absolute atomic E-state index is 12.0. The quantitative estimate of drug-likeness (QED) is 0.707. The van der Waals surface area contributed by atoms with Gasteiger partial charge in [-0.1, -0.05) is 20.8 Å². The van der Waals surface area contributed by atoms with E-state index >= 15 is 0 Å². The summed E-state index contributed by atoms with van der Waals surface area (Å²) in [6, 6.07) is -0.478. The van der Waals surface area contributed by atoms with E-state index in [4.69, 9.17) is 5.73 Å². The largest absolute Gasteiger partial charge is 0.481 e. The Labute approximate surface area is 124 Å². The lowest BCUT2D eigenvalue weighted by Crippen LogP contribution is -2.55. The number of carbonyl (C=O) groups excluding carboxylic acids is 2. The average Bonchev–Trinajstić information content (AvgIpc) is 2.33.